The number of nitrogens with one attached hydrogen (secondary N) is 2. The average Bonchev–Trinajstić information content (AvgIpc) is 2.48. The molecule has 1 aliphatic carbocycles. The first-order valence-electron chi connectivity index (χ1n) is 7.29. The molecule has 0 bridgehead atoms. The van der Waals surface area contributed by atoms with Crippen LogP contribution in [0.3, 0.4) is 0 Å². The molecule has 1 aliphatic rings. The molecule has 1 fully saturated rings. The molecule has 0 atom stereocenters. The molecule has 1 saturated carbocycles. The van der Waals surface area contributed by atoms with Crippen LogP contribution < -0.4 is 15.4 Å². The highest BCUT2D eigenvalue weighted by Gasteiger charge is 2.15. The molecular formula is C15H23N3O2. The third kappa shape index (κ3) is 4.81. The van der Waals surface area contributed by atoms with Crippen LogP contribution in [0.4, 0.5) is 0 Å². The van der Waals surface area contributed by atoms with Gasteiger partial charge in [0, 0.05) is 12.6 Å². The van der Waals surface area contributed by atoms with Crippen molar-refractivity contribution in [3.63, 3.8) is 0 Å². The van der Waals surface area contributed by atoms with E-state index in [4.69, 9.17) is 4.74 Å². The van der Waals surface area contributed by atoms with Crippen molar-refractivity contribution in [2.24, 2.45) is 0 Å². The van der Waals surface area contributed by atoms with E-state index in [0.29, 0.717) is 11.8 Å². The minimum Gasteiger partial charge on any atom is -0.482 e. The van der Waals surface area contributed by atoms with E-state index in [0.717, 1.165) is 25.1 Å². The first-order valence-corrected chi connectivity index (χ1v) is 7.29. The molecule has 1 aromatic heterocycles. The summed E-state index contributed by atoms with van der Waals surface area (Å²) in [5.41, 5.74) is 0.950. The fraction of sp³-hybridized carbons (Fsp3) is 0.600. The molecule has 0 radical (unpaired) electrons. The van der Waals surface area contributed by atoms with Gasteiger partial charge in [-0.3, -0.25) is 9.78 Å². The number of carbonyl (C=O) groups excluding carboxylic acids is 1. The Morgan fingerprint density at radius 1 is 1.35 bits per heavy atom. The summed E-state index contributed by atoms with van der Waals surface area (Å²) in [5, 5.41) is 6.06. The second kappa shape index (κ2) is 7.85. The van der Waals surface area contributed by atoms with Crippen molar-refractivity contribution in [1.29, 1.82) is 0 Å². The lowest BCUT2D eigenvalue weighted by Crippen LogP contribution is -2.38. The zero-order chi connectivity index (χ0) is 14.2. The first-order chi connectivity index (χ1) is 9.78. The SMILES string of the molecule is CNCc1ccc(OCC(=O)NC2CCCCC2)cn1. The molecule has 1 amide bonds. The molecule has 0 spiro atoms. The highest BCUT2D eigenvalue weighted by Crippen LogP contribution is 2.17. The maximum absolute atomic E-state index is 11.8. The summed E-state index contributed by atoms with van der Waals surface area (Å²) in [6.07, 6.45) is 7.54. The van der Waals surface area contributed by atoms with Crippen LogP contribution in [0.15, 0.2) is 18.3 Å². The van der Waals surface area contributed by atoms with Crippen LogP contribution in [0.1, 0.15) is 37.8 Å². The Hall–Kier alpha value is -1.62. The molecule has 2 N–H and O–H groups in total. The first kappa shape index (κ1) is 14.8. The van der Waals surface area contributed by atoms with Crippen LogP contribution in [0, 0.1) is 0 Å². The van der Waals surface area contributed by atoms with E-state index in [-0.39, 0.29) is 12.5 Å². The van der Waals surface area contributed by atoms with Gasteiger partial charge in [-0.2, -0.15) is 0 Å². The smallest absolute Gasteiger partial charge is 0.258 e. The summed E-state index contributed by atoms with van der Waals surface area (Å²) in [6, 6.07) is 4.06. The van der Waals surface area contributed by atoms with E-state index in [1.807, 2.05) is 19.2 Å². The summed E-state index contributed by atoms with van der Waals surface area (Å²) in [6.45, 7) is 0.784. The molecule has 20 heavy (non-hydrogen) atoms. The van der Waals surface area contributed by atoms with Crippen LogP contribution in [0.5, 0.6) is 5.75 Å². The maximum atomic E-state index is 11.8. The van der Waals surface area contributed by atoms with Gasteiger partial charge in [0.2, 0.25) is 0 Å². The number of pyridine rings is 1. The lowest BCUT2D eigenvalue weighted by atomic mass is 9.95. The highest BCUT2D eigenvalue weighted by molar-refractivity contribution is 5.77. The van der Waals surface area contributed by atoms with Gasteiger partial charge in [0.05, 0.1) is 11.9 Å². The van der Waals surface area contributed by atoms with E-state index < -0.39 is 0 Å². The number of amides is 1. The molecule has 5 heteroatoms. The highest BCUT2D eigenvalue weighted by atomic mass is 16.5. The summed E-state index contributed by atoms with van der Waals surface area (Å²) < 4.78 is 5.45. The second-order valence-electron chi connectivity index (χ2n) is 5.21. The number of ether oxygens (including phenoxy) is 1. The average molecular weight is 277 g/mol. The Kier molecular flexibility index (Phi) is 5.80. The van der Waals surface area contributed by atoms with Crippen LogP contribution >= 0.6 is 0 Å². The zero-order valence-corrected chi connectivity index (χ0v) is 12.0. The third-order valence-corrected chi connectivity index (χ3v) is 3.50. The van der Waals surface area contributed by atoms with Crippen molar-refractivity contribution in [3.05, 3.63) is 24.0 Å². The van der Waals surface area contributed by atoms with Gasteiger partial charge in [-0.05, 0) is 32.0 Å². The van der Waals surface area contributed by atoms with Crippen molar-refractivity contribution in [1.82, 2.24) is 15.6 Å². The number of rotatable bonds is 6. The molecule has 1 heterocycles. The largest absolute Gasteiger partial charge is 0.482 e. The minimum atomic E-state index is -0.0452. The predicted octanol–water partition coefficient (Wildman–Crippen LogP) is 1.63. The van der Waals surface area contributed by atoms with Gasteiger partial charge in [0.25, 0.3) is 5.91 Å². The Bertz CT molecular complexity index is 414. The fourth-order valence-electron chi connectivity index (χ4n) is 2.45. The van der Waals surface area contributed by atoms with Crippen molar-refractivity contribution >= 4 is 5.91 Å². The monoisotopic (exact) mass is 277 g/mol. The van der Waals surface area contributed by atoms with Crippen molar-refractivity contribution in [2.45, 2.75) is 44.7 Å². The number of carbonyl (C=O) groups is 1. The summed E-state index contributed by atoms with van der Waals surface area (Å²) in [7, 11) is 1.88. The van der Waals surface area contributed by atoms with Crippen LogP contribution in [-0.4, -0.2) is 30.6 Å². The molecule has 2 rings (SSSR count). The van der Waals surface area contributed by atoms with E-state index in [1.54, 1.807) is 6.20 Å². The Balaban J connectivity index is 1.72. The van der Waals surface area contributed by atoms with Gasteiger partial charge in [-0.25, -0.2) is 0 Å². The maximum Gasteiger partial charge on any atom is 0.258 e. The zero-order valence-electron chi connectivity index (χ0n) is 12.0. The van der Waals surface area contributed by atoms with Crippen molar-refractivity contribution < 1.29 is 9.53 Å². The Morgan fingerprint density at radius 3 is 2.80 bits per heavy atom. The molecule has 0 saturated heterocycles. The second-order valence-corrected chi connectivity index (χ2v) is 5.21. The summed E-state index contributed by atoms with van der Waals surface area (Å²) >= 11 is 0. The molecule has 1 aromatic rings. The Labute approximate surface area is 120 Å². The van der Waals surface area contributed by atoms with Gasteiger partial charge in [-0.15, -0.1) is 0 Å². The standard InChI is InChI=1S/C15H23N3O2/c1-16-9-13-7-8-14(10-17-13)20-11-15(19)18-12-5-3-2-4-6-12/h7-8,10,12,16H,2-6,9,11H2,1H3,(H,18,19). The van der Waals surface area contributed by atoms with Crippen LogP contribution in [-0.2, 0) is 11.3 Å². The van der Waals surface area contributed by atoms with Crippen LogP contribution in [0.2, 0.25) is 0 Å². The summed E-state index contributed by atoms with van der Waals surface area (Å²) in [4.78, 5) is 16.0. The topological polar surface area (TPSA) is 63.2 Å². The normalized spacial score (nSPS) is 15.8. The minimum absolute atomic E-state index is 0.0452. The number of nitrogens with zero attached hydrogens (tertiary/aromatic N) is 1. The predicted molar refractivity (Wildman–Crippen MR) is 77.5 cm³/mol. The van der Waals surface area contributed by atoms with Gasteiger partial charge in [-0.1, -0.05) is 19.3 Å². The molecular weight excluding hydrogens is 254 g/mol. The van der Waals surface area contributed by atoms with E-state index in [9.17, 15) is 4.79 Å². The lowest BCUT2D eigenvalue weighted by Gasteiger charge is -2.22. The quantitative estimate of drug-likeness (QED) is 0.829. The van der Waals surface area contributed by atoms with Gasteiger partial charge < -0.3 is 15.4 Å². The molecule has 0 aliphatic heterocycles. The fourth-order valence-corrected chi connectivity index (χ4v) is 2.45. The van der Waals surface area contributed by atoms with Gasteiger partial charge in [0.1, 0.15) is 5.75 Å². The number of hydrogen-bond donors (Lipinski definition) is 2. The molecule has 110 valence electrons. The van der Waals surface area contributed by atoms with Crippen LogP contribution in [0.25, 0.3) is 0 Å². The molecule has 0 aromatic carbocycles. The van der Waals surface area contributed by atoms with Gasteiger partial charge in [0.15, 0.2) is 6.61 Å². The Morgan fingerprint density at radius 2 is 2.15 bits per heavy atom. The number of aromatic nitrogens is 1. The van der Waals surface area contributed by atoms with Crippen molar-refractivity contribution in [3.8, 4) is 5.75 Å². The van der Waals surface area contributed by atoms with Crippen molar-refractivity contribution in [2.75, 3.05) is 13.7 Å². The molecule has 5 nitrogen and oxygen atoms in total. The van der Waals surface area contributed by atoms with E-state index in [1.165, 1.54) is 19.3 Å². The molecule has 0 unspecified atom stereocenters. The lowest BCUT2D eigenvalue weighted by molar-refractivity contribution is -0.124. The number of hydrogen-bond acceptors (Lipinski definition) is 4. The third-order valence-electron chi connectivity index (χ3n) is 3.50. The van der Waals surface area contributed by atoms with Gasteiger partial charge >= 0.3 is 0 Å². The van der Waals surface area contributed by atoms with E-state index in [2.05, 4.69) is 15.6 Å². The van der Waals surface area contributed by atoms with E-state index >= 15 is 0 Å². The summed E-state index contributed by atoms with van der Waals surface area (Å²) in [5.74, 6) is 0.583.